The molecule has 1 rings (SSSR count). The molecule has 6 heteroatoms. The van der Waals surface area contributed by atoms with Gasteiger partial charge in [0.25, 0.3) is 0 Å². The van der Waals surface area contributed by atoms with Crippen LogP contribution in [0.4, 0.5) is 5.82 Å². The SMILES string of the molecule is CSc1nc(N)cc(SCCN(C)C)n1. The van der Waals surface area contributed by atoms with Crippen LogP contribution < -0.4 is 5.73 Å². The van der Waals surface area contributed by atoms with Crippen molar-refractivity contribution in [3.05, 3.63) is 6.07 Å². The van der Waals surface area contributed by atoms with Crippen LogP contribution in [-0.2, 0) is 0 Å². The molecule has 0 aliphatic carbocycles. The molecule has 0 fully saturated rings. The zero-order valence-corrected chi connectivity index (χ0v) is 10.9. The average Bonchev–Trinajstić information content (AvgIpc) is 2.16. The molecule has 84 valence electrons. The Labute approximate surface area is 99.0 Å². The highest BCUT2D eigenvalue weighted by Crippen LogP contribution is 2.20. The van der Waals surface area contributed by atoms with Crippen molar-refractivity contribution in [2.75, 3.05) is 38.4 Å². The summed E-state index contributed by atoms with van der Waals surface area (Å²) in [5.74, 6) is 1.55. The summed E-state index contributed by atoms with van der Waals surface area (Å²) < 4.78 is 0. The van der Waals surface area contributed by atoms with E-state index in [1.54, 1.807) is 11.8 Å². The third-order valence-corrected chi connectivity index (χ3v) is 3.11. The number of anilines is 1. The van der Waals surface area contributed by atoms with Gasteiger partial charge in [-0.05, 0) is 20.4 Å². The lowest BCUT2D eigenvalue weighted by Gasteiger charge is -2.08. The molecule has 0 saturated carbocycles. The molecule has 0 radical (unpaired) electrons. The molecule has 4 nitrogen and oxygen atoms in total. The normalized spacial score (nSPS) is 10.9. The van der Waals surface area contributed by atoms with E-state index in [0.717, 1.165) is 22.5 Å². The molecule has 0 spiro atoms. The van der Waals surface area contributed by atoms with Gasteiger partial charge in [-0.25, -0.2) is 9.97 Å². The van der Waals surface area contributed by atoms with E-state index in [-0.39, 0.29) is 0 Å². The molecule has 1 aromatic rings. The smallest absolute Gasteiger partial charge is 0.190 e. The van der Waals surface area contributed by atoms with E-state index in [1.807, 2.05) is 12.3 Å². The van der Waals surface area contributed by atoms with Crippen LogP contribution >= 0.6 is 23.5 Å². The van der Waals surface area contributed by atoms with Gasteiger partial charge in [0.1, 0.15) is 10.8 Å². The monoisotopic (exact) mass is 244 g/mol. The summed E-state index contributed by atoms with van der Waals surface area (Å²) >= 11 is 3.22. The molecule has 0 aromatic carbocycles. The summed E-state index contributed by atoms with van der Waals surface area (Å²) in [6.45, 7) is 1.03. The van der Waals surface area contributed by atoms with Crippen molar-refractivity contribution >= 4 is 29.3 Å². The van der Waals surface area contributed by atoms with Crippen LogP contribution in [0.2, 0.25) is 0 Å². The highest BCUT2D eigenvalue weighted by atomic mass is 32.2. The van der Waals surface area contributed by atoms with E-state index < -0.39 is 0 Å². The standard InChI is InChI=1S/C9H16N4S2/c1-13(2)4-5-15-8-6-7(10)11-9(12-8)14-3/h6H,4-5H2,1-3H3,(H2,10,11,12). The minimum atomic E-state index is 0.543. The summed E-state index contributed by atoms with van der Waals surface area (Å²) in [5.41, 5.74) is 5.68. The van der Waals surface area contributed by atoms with Crippen molar-refractivity contribution in [3.63, 3.8) is 0 Å². The second-order valence-electron chi connectivity index (χ2n) is 3.27. The molecule has 0 amide bonds. The molecule has 0 unspecified atom stereocenters. The van der Waals surface area contributed by atoms with Gasteiger partial charge in [-0.1, -0.05) is 11.8 Å². The summed E-state index contributed by atoms with van der Waals surface area (Å²) in [4.78, 5) is 10.6. The molecule has 0 aliphatic rings. The van der Waals surface area contributed by atoms with Gasteiger partial charge < -0.3 is 10.6 Å². The van der Waals surface area contributed by atoms with Gasteiger partial charge in [0.05, 0.1) is 0 Å². The predicted molar refractivity (Wildman–Crippen MR) is 67.5 cm³/mol. The molecule has 1 aromatic heterocycles. The van der Waals surface area contributed by atoms with Crippen LogP contribution in [0.5, 0.6) is 0 Å². The average molecular weight is 244 g/mol. The van der Waals surface area contributed by atoms with Gasteiger partial charge in [-0.15, -0.1) is 11.8 Å². The van der Waals surface area contributed by atoms with Crippen LogP contribution in [0.25, 0.3) is 0 Å². The van der Waals surface area contributed by atoms with Gasteiger partial charge in [-0.2, -0.15) is 0 Å². The maximum atomic E-state index is 5.68. The lowest BCUT2D eigenvalue weighted by Crippen LogP contribution is -2.14. The van der Waals surface area contributed by atoms with Gasteiger partial charge in [0.15, 0.2) is 5.16 Å². The summed E-state index contributed by atoms with van der Waals surface area (Å²) in [7, 11) is 4.12. The number of rotatable bonds is 5. The first-order valence-corrected chi connectivity index (χ1v) is 6.79. The first kappa shape index (κ1) is 12.6. The largest absolute Gasteiger partial charge is 0.384 e. The fraction of sp³-hybridized carbons (Fsp3) is 0.556. The fourth-order valence-corrected chi connectivity index (χ4v) is 2.38. The van der Waals surface area contributed by atoms with E-state index in [2.05, 4.69) is 29.0 Å². The van der Waals surface area contributed by atoms with E-state index in [9.17, 15) is 0 Å². The fourth-order valence-electron chi connectivity index (χ4n) is 0.919. The summed E-state index contributed by atoms with van der Waals surface area (Å²) in [6.07, 6.45) is 1.95. The molecule has 0 bridgehead atoms. The lowest BCUT2D eigenvalue weighted by atomic mass is 10.6. The number of nitrogen functional groups attached to an aromatic ring is 1. The molecule has 0 aliphatic heterocycles. The maximum absolute atomic E-state index is 5.68. The zero-order valence-electron chi connectivity index (χ0n) is 9.23. The van der Waals surface area contributed by atoms with Gasteiger partial charge in [-0.3, -0.25) is 0 Å². The number of hydrogen-bond donors (Lipinski definition) is 1. The Kier molecular flexibility index (Phi) is 5.21. The molecular formula is C9H16N4S2. The van der Waals surface area contributed by atoms with Crippen molar-refractivity contribution in [2.45, 2.75) is 10.2 Å². The minimum absolute atomic E-state index is 0.543. The van der Waals surface area contributed by atoms with Crippen molar-refractivity contribution in [3.8, 4) is 0 Å². The summed E-state index contributed by atoms with van der Waals surface area (Å²) in [5, 5.41) is 1.69. The highest BCUT2D eigenvalue weighted by molar-refractivity contribution is 7.99. The van der Waals surface area contributed by atoms with E-state index in [0.29, 0.717) is 5.82 Å². The Morgan fingerprint density at radius 3 is 2.73 bits per heavy atom. The Balaban J connectivity index is 2.56. The second-order valence-corrected chi connectivity index (χ2v) is 5.16. The van der Waals surface area contributed by atoms with Crippen LogP contribution in [0.15, 0.2) is 16.2 Å². The molecule has 0 atom stereocenters. The van der Waals surface area contributed by atoms with Crippen LogP contribution in [0.3, 0.4) is 0 Å². The zero-order chi connectivity index (χ0) is 11.3. The Morgan fingerprint density at radius 2 is 2.13 bits per heavy atom. The number of nitrogens with zero attached hydrogens (tertiary/aromatic N) is 3. The molecule has 15 heavy (non-hydrogen) atoms. The predicted octanol–water partition coefficient (Wildman–Crippen LogP) is 1.43. The Bertz CT molecular complexity index is 317. The molecule has 0 saturated heterocycles. The Hall–Kier alpha value is -0.460. The van der Waals surface area contributed by atoms with Crippen molar-refractivity contribution in [2.24, 2.45) is 0 Å². The minimum Gasteiger partial charge on any atom is -0.384 e. The van der Waals surface area contributed by atoms with Crippen LogP contribution in [-0.4, -0.2) is 47.5 Å². The molecule has 1 heterocycles. The quantitative estimate of drug-likeness (QED) is 0.480. The van der Waals surface area contributed by atoms with Crippen molar-refractivity contribution < 1.29 is 0 Å². The van der Waals surface area contributed by atoms with E-state index in [1.165, 1.54) is 11.8 Å². The third-order valence-electron chi connectivity index (χ3n) is 1.67. The number of thioether (sulfide) groups is 2. The van der Waals surface area contributed by atoms with Crippen molar-refractivity contribution in [1.29, 1.82) is 0 Å². The van der Waals surface area contributed by atoms with Gasteiger partial charge in [0.2, 0.25) is 0 Å². The first-order valence-electron chi connectivity index (χ1n) is 4.58. The number of hydrogen-bond acceptors (Lipinski definition) is 6. The van der Waals surface area contributed by atoms with Crippen LogP contribution in [0, 0.1) is 0 Å². The van der Waals surface area contributed by atoms with Gasteiger partial charge in [0, 0.05) is 18.4 Å². The lowest BCUT2D eigenvalue weighted by molar-refractivity contribution is 0.437. The highest BCUT2D eigenvalue weighted by Gasteiger charge is 2.02. The first-order chi connectivity index (χ1) is 7.11. The second kappa shape index (κ2) is 6.19. The Morgan fingerprint density at radius 1 is 1.40 bits per heavy atom. The molecule has 2 N–H and O–H groups in total. The molecular weight excluding hydrogens is 228 g/mol. The third kappa shape index (κ3) is 4.72. The van der Waals surface area contributed by atoms with Crippen molar-refractivity contribution in [1.82, 2.24) is 14.9 Å². The maximum Gasteiger partial charge on any atom is 0.190 e. The summed E-state index contributed by atoms with van der Waals surface area (Å²) in [6, 6.07) is 1.82. The topological polar surface area (TPSA) is 55.0 Å². The van der Waals surface area contributed by atoms with Crippen LogP contribution in [0.1, 0.15) is 0 Å². The van der Waals surface area contributed by atoms with Gasteiger partial charge >= 0.3 is 0 Å². The van der Waals surface area contributed by atoms with E-state index >= 15 is 0 Å². The van der Waals surface area contributed by atoms with E-state index in [4.69, 9.17) is 5.73 Å². The number of nitrogens with two attached hydrogens (primary N) is 1. The number of aromatic nitrogens is 2.